The van der Waals surface area contributed by atoms with Crippen molar-refractivity contribution >= 4 is 39.5 Å². The predicted molar refractivity (Wildman–Crippen MR) is 391 cm³/mol. The molecule has 0 heterocycles. The Morgan fingerprint density at radius 3 is 0.615 bits per heavy atom. The SMILES string of the molecule is CCCCCCCCCCCCCCCCCCCCCCCC(=O)O[C@H](COC(=O)CCCCCCCCCCCCCCCCCCCCCC)COP(=O)(O)OC[C@@H](O)COP(=O)(O)OC[C@@H](COC(=O)CCCCCCCCC)OC(=O)CCCCCCCCCC. The molecule has 0 saturated heterocycles. The second-order valence-corrected chi connectivity index (χ2v) is 30.7. The number of hydrogen-bond acceptors (Lipinski definition) is 15. The van der Waals surface area contributed by atoms with Gasteiger partial charge < -0.3 is 33.8 Å². The van der Waals surface area contributed by atoms with E-state index in [0.717, 1.165) is 109 Å². The third kappa shape index (κ3) is 70.5. The van der Waals surface area contributed by atoms with Crippen molar-refractivity contribution in [2.45, 2.75) is 431 Å². The molecule has 0 aliphatic rings. The van der Waals surface area contributed by atoms with Gasteiger partial charge in [-0.05, 0) is 25.7 Å². The fourth-order valence-corrected chi connectivity index (χ4v) is 13.5. The first kappa shape index (κ1) is 94.1. The van der Waals surface area contributed by atoms with Crippen LogP contribution >= 0.6 is 15.6 Å². The fraction of sp³-hybridized carbons (Fsp3) is 0.948. The zero-order valence-corrected chi connectivity index (χ0v) is 64.1. The summed E-state index contributed by atoms with van der Waals surface area (Å²) in [6.07, 6.45) is 63.0. The van der Waals surface area contributed by atoms with Gasteiger partial charge in [-0.2, -0.15) is 0 Å². The minimum atomic E-state index is -4.96. The van der Waals surface area contributed by atoms with Crippen molar-refractivity contribution in [3.8, 4) is 0 Å². The van der Waals surface area contributed by atoms with Crippen LogP contribution in [0.25, 0.3) is 0 Å². The first-order chi connectivity index (χ1) is 46.7. The van der Waals surface area contributed by atoms with Crippen LogP contribution in [0.1, 0.15) is 413 Å². The monoisotopic (exact) mass is 1410 g/mol. The van der Waals surface area contributed by atoms with E-state index >= 15 is 0 Å². The van der Waals surface area contributed by atoms with E-state index in [-0.39, 0.29) is 25.7 Å². The molecule has 0 aromatic rings. The Morgan fingerprint density at radius 1 is 0.250 bits per heavy atom. The molecule has 0 aliphatic heterocycles. The number of carbonyl (C=O) groups excluding carboxylic acids is 4. The summed E-state index contributed by atoms with van der Waals surface area (Å²) in [5.74, 6) is -2.12. The first-order valence-corrected chi connectivity index (χ1v) is 43.3. The molecule has 570 valence electrons. The number of carbonyl (C=O) groups is 4. The summed E-state index contributed by atoms with van der Waals surface area (Å²) in [6.45, 7) is 4.91. The lowest BCUT2D eigenvalue weighted by molar-refractivity contribution is -0.161. The van der Waals surface area contributed by atoms with Crippen LogP contribution in [-0.4, -0.2) is 96.7 Å². The summed E-state index contributed by atoms with van der Waals surface area (Å²) < 4.78 is 68.3. The number of esters is 4. The molecule has 0 aromatic heterocycles. The molecule has 19 heteroatoms. The molecule has 96 heavy (non-hydrogen) atoms. The second-order valence-electron chi connectivity index (χ2n) is 27.7. The van der Waals surface area contributed by atoms with Crippen molar-refractivity contribution in [2.24, 2.45) is 0 Å². The van der Waals surface area contributed by atoms with Crippen LogP contribution in [0.5, 0.6) is 0 Å². The molecule has 0 rings (SSSR count). The van der Waals surface area contributed by atoms with Crippen molar-refractivity contribution < 1.29 is 80.2 Å². The summed E-state index contributed by atoms with van der Waals surface area (Å²) in [5, 5.41) is 10.6. The normalized spacial score (nSPS) is 13.9. The highest BCUT2D eigenvalue weighted by Gasteiger charge is 2.30. The molecule has 17 nitrogen and oxygen atoms in total. The average molecular weight is 1410 g/mol. The lowest BCUT2D eigenvalue weighted by atomic mass is 10.0. The predicted octanol–water partition coefficient (Wildman–Crippen LogP) is 23.0. The van der Waals surface area contributed by atoms with E-state index in [1.165, 1.54) is 225 Å². The minimum Gasteiger partial charge on any atom is -0.462 e. The van der Waals surface area contributed by atoms with E-state index in [9.17, 15) is 43.2 Å². The number of phosphoric ester groups is 2. The fourth-order valence-electron chi connectivity index (χ4n) is 11.9. The van der Waals surface area contributed by atoms with Crippen molar-refractivity contribution in [1.29, 1.82) is 0 Å². The van der Waals surface area contributed by atoms with E-state index < -0.39 is 97.5 Å². The van der Waals surface area contributed by atoms with Crippen molar-refractivity contribution in [3.63, 3.8) is 0 Å². The topological polar surface area (TPSA) is 237 Å². The van der Waals surface area contributed by atoms with Crippen LogP contribution in [-0.2, 0) is 65.4 Å². The molecule has 0 bridgehead atoms. The summed E-state index contributed by atoms with van der Waals surface area (Å²) in [4.78, 5) is 72.5. The summed E-state index contributed by atoms with van der Waals surface area (Å²) in [5.41, 5.74) is 0. The van der Waals surface area contributed by atoms with Gasteiger partial charge >= 0.3 is 39.5 Å². The standard InChI is InChI=1S/C77H150O17P2/c1-5-9-13-17-21-24-26-28-30-32-34-36-38-40-42-44-46-48-52-56-60-64-77(82)94-73(68-88-75(80)62-58-54-51-47-45-43-41-39-37-35-33-31-29-27-25-22-18-14-10-6-2)70-92-96(85,86)90-66-71(78)65-89-95(83,84)91-69-72(67-87-74(79)61-57-53-49-20-16-12-8-4)93-76(81)63-59-55-50-23-19-15-11-7-3/h71-73,78H,5-70H2,1-4H3,(H,83,84)(H,85,86)/t71-,72+,73+/m0/s1. The van der Waals surface area contributed by atoms with Gasteiger partial charge in [-0.1, -0.05) is 362 Å². The molecular formula is C77H150O17P2. The third-order valence-corrected chi connectivity index (χ3v) is 20.0. The van der Waals surface area contributed by atoms with Crippen molar-refractivity contribution in [1.82, 2.24) is 0 Å². The number of ether oxygens (including phenoxy) is 4. The molecule has 2 unspecified atom stereocenters. The van der Waals surface area contributed by atoms with E-state index in [1.807, 2.05) is 0 Å². The molecule has 0 aromatic carbocycles. The Balaban J connectivity index is 5.10. The Kier molecular flexibility index (Phi) is 70.0. The van der Waals surface area contributed by atoms with E-state index in [1.54, 1.807) is 0 Å². The number of rotatable bonds is 78. The van der Waals surface area contributed by atoms with Crippen LogP contribution in [0.15, 0.2) is 0 Å². The van der Waals surface area contributed by atoms with Gasteiger partial charge in [0.2, 0.25) is 0 Å². The molecule has 0 aliphatic carbocycles. The molecule has 3 N–H and O–H groups in total. The Bertz CT molecular complexity index is 1830. The Morgan fingerprint density at radius 2 is 0.417 bits per heavy atom. The molecule has 0 radical (unpaired) electrons. The van der Waals surface area contributed by atoms with Gasteiger partial charge in [0.25, 0.3) is 0 Å². The summed E-state index contributed by atoms with van der Waals surface area (Å²) in [7, 11) is -9.90. The van der Waals surface area contributed by atoms with Gasteiger partial charge in [-0.25, -0.2) is 9.13 Å². The van der Waals surface area contributed by atoms with E-state index in [0.29, 0.717) is 25.7 Å². The van der Waals surface area contributed by atoms with E-state index in [4.69, 9.17) is 37.0 Å². The molecule has 0 amide bonds. The van der Waals surface area contributed by atoms with Crippen LogP contribution in [0.3, 0.4) is 0 Å². The van der Waals surface area contributed by atoms with Gasteiger partial charge in [0.1, 0.15) is 19.3 Å². The van der Waals surface area contributed by atoms with Crippen LogP contribution in [0.2, 0.25) is 0 Å². The number of aliphatic hydroxyl groups is 1. The molecule has 0 fully saturated rings. The van der Waals surface area contributed by atoms with E-state index in [2.05, 4.69) is 27.7 Å². The first-order valence-electron chi connectivity index (χ1n) is 40.3. The maximum atomic E-state index is 13.1. The maximum absolute atomic E-state index is 13.1. The van der Waals surface area contributed by atoms with Gasteiger partial charge in [0.15, 0.2) is 12.2 Å². The highest BCUT2D eigenvalue weighted by atomic mass is 31.2. The van der Waals surface area contributed by atoms with Gasteiger partial charge in [0, 0.05) is 25.7 Å². The third-order valence-electron chi connectivity index (χ3n) is 18.1. The maximum Gasteiger partial charge on any atom is 0.472 e. The lowest BCUT2D eigenvalue weighted by Crippen LogP contribution is -2.30. The summed E-state index contributed by atoms with van der Waals surface area (Å²) >= 11 is 0. The highest BCUT2D eigenvalue weighted by Crippen LogP contribution is 2.45. The average Bonchev–Trinajstić information content (AvgIpc) is 1.22. The van der Waals surface area contributed by atoms with Gasteiger partial charge in [-0.15, -0.1) is 0 Å². The minimum absolute atomic E-state index is 0.105. The molecule has 0 saturated carbocycles. The second kappa shape index (κ2) is 71.5. The lowest BCUT2D eigenvalue weighted by Gasteiger charge is -2.21. The van der Waals surface area contributed by atoms with Gasteiger partial charge in [-0.3, -0.25) is 37.3 Å². The molecule has 5 atom stereocenters. The highest BCUT2D eigenvalue weighted by molar-refractivity contribution is 7.47. The smallest absolute Gasteiger partial charge is 0.462 e. The molecular weight excluding hydrogens is 1260 g/mol. The Labute approximate surface area is 588 Å². The zero-order chi connectivity index (χ0) is 70.4. The summed E-state index contributed by atoms with van der Waals surface area (Å²) in [6, 6.07) is 0. The quantitative estimate of drug-likeness (QED) is 0.0222. The van der Waals surface area contributed by atoms with Gasteiger partial charge in [0.05, 0.1) is 26.4 Å². The number of unbranched alkanes of at least 4 members (excludes halogenated alkanes) is 52. The van der Waals surface area contributed by atoms with Crippen LogP contribution in [0, 0.1) is 0 Å². The molecule has 0 spiro atoms. The number of phosphoric acid groups is 2. The van der Waals surface area contributed by atoms with Crippen molar-refractivity contribution in [3.05, 3.63) is 0 Å². The number of aliphatic hydroxyl groups excluding tert-OH is 1. The van der Waals surface area contributed by atoms with Crippen LogP contribution in [0.4, 0.5) is 0 Å². The zero-order valence-electron chi connectivity index (χ0n) is 62.4. The number of hydrogen-bond donors (Lipinski definition) is 3. The largest absolute Gasteiger partial charge is 0.472 e. The Hall–Kier alpha value is -1.94. The van der Waals surface area contributed by atoms with Crippen LogP contribution < -0.4 is 0 Å². The van der Waals surface area contributed by atoms with Crippen molar-refractivity contribution in [2.75, 3.05) is 39.6 Å².